The summed E-state index contributed by atoms with van der Waals surface area (Å²) in [6.07, 6.45) is 10.4. The Labute approximate surface area is 135 Å². The zero-order chi connectivity index (χ0) is 16.1. The van der Waals surface area contributed by atoms with Crippen LogP contribution in [0.1, 0.15) is 50.4 Å². The maximum atomic E-state index is 12.4. The lowest BCUT2D eigenvalue weighted by Crippen LogP contribution is -2.40. The van der Waals surface area contributed by atoms with Crippen molar-refractivity contribution in [3.63, 3.8) is 0 Å². The van der Waals surface area contributed by atoms with Crippen molar-refractivity contribution in [2.75, 3.05) is 13.1 Å². The lowest BCUT2D eigenvalue weighted by atomic mass is 10.0. The van der Waals surface area contributed by atoms with Gasteiger partial charge in [-0.15, -0.1) is 0 Å². The molecule has 2 aromatic heterocycles. The van der Waals surface area contributed by atoms with Gasteiger partial charge in [-0.05, 0) is 19.3 Å². The van der Waals surface area contributed by atoms with Crippen LogP contribution in [-0.2, 0) is 17.6 Å². The van der Waals surface area contributed by atoms with E-state index >= 15 is 0 Å². The van der Waals surface area contributed by atoms with Crippen LogP contribution in [-0.4, -0.2) is 43.6 Å². The van der Waals surface area contributed by atoms with E-state index in [1.54, 1.807) is 6.20 Å². The van der Waals surface area contributed by atoms with E-state index in [1.165, 1.54) is 0 Å². The monoisotopic (exact) mass is 317 g/mol. The highest BCUT2D eigenvalue weighted by atomic mass is 16.5. The highest BCUT2D eigenvalue weighted by molar-refractivity contribution is 5.76. The van der Waals surface area contributed by atoms with Gasteiger partial charge in [0.2, 0.25) is 11.8 Å². The summed E-state index contributed by atoms with van der Waals surface area (Å²) < 4.78 is 7.28. The number of aromatic nitrogens is 4. The smallest absolute Gasteiger partial charge is 0.227 e. The minimum absolute atomic E-state index is 0.157. The van der Waals surface area contributed by atoms with E-state index < -0.39 is 0 Å². The average Bonchev–Trinajstić information content (AvgIpc) is 3.25. The Balaban J connectivity index is 1.51. The SMILES string of the molecule is CCCc1noc(CCC(=O)N2CCC[C@H](n3ccnc3)C2)n1. The van der Waals surface area contributed by atoms with Crippen LogP contribution in [0.25, 0.3) is 0 Å². The molecule has 1 aliphatic rings. The van der Waals surface area contributed by atoms with Crippen molar-refractivity contribution in [3.8, 4) is 0 Å². The van der Waals surface area contributed by atoms with E-state index in [9.17, 15) is 4.79 Å². The molecule has 3 heterocycles. The average molecular weight is 317 g/mol. The van der Waals surface area contributed by atoms with E-state index in [0.29, 0.717) is 24.8 Å². The molecule has 1 aliphatic heterocycles. The number of rotatable bonds is 6. The second-order valence-electron chi connectivity index (χ2n) is 6.00. The van der Waals surface area contributed by atoms with Crippen LogP contribution in [0, 0.1) is 0 Å². The van der Waals surface area contributed by atoms with Crippen LogP contribution in [0.15, 0.2) is 23.2 Å². The molecule has 0 saturated carbocycles. The Kier molecular flexibility index (Phi) is 5.05. The van der Waals surface area contributed by atoms with Crippen LogP contribution in [0.5, 0.6) is 0 Å². The maximum Gasteiger partial charge on any atom is 0.227 e. The van der Waals surface area contributed by atoms with Gasteiger partial charge in [0.1, 0.15) is 0 Å². The summed E-state index contributed by atoms with van der Waals surface area (Å²) in [5, 5.41) is 3.92. The van der Waals surface area contributed by atoms with E-state index in [2.05, 4.69) is 26.6 Å². The molecule has 7 nitrogen and oxygen atoms in total. The van der Waals surface area contributed by atoms with Crippen molar-refractivity contribution < 1.29 is 9.32 Å². The summed E-state index contributed by atoms with van der Waals surface area (Å²) in [5.41, 5.74) is 0. The molecule has 0 spiro atoms. The van der Waals surface area contributed by atoms with E-state index in [0.717, 1.165) is 44.6 Å². The fraction of sp³-hybridized carbons (Fsp3) is 0.625. The predicted molar refractivity (Wildman–Crippen MR) is 83.7 cm³/mol. The van der Waals surface area contributed by atoms with Crippen LogP contribution in [0.3, 0.4) is 0 Å². The Morgan fingerprint density at radius 3 is 3.13 bits per heavy atom. The summed E-state index contributed by atoms with van der Waals surface area (Å²) in [7, 11) is 0. The second kappa shape index (κ2) is 7.39. The van der Waals surface area contributed by atoms with Gasteiger partial charge >= 0.3 is 0 Å². The molecule has 1 fully saturated rings. The Bertz CT molecular complexity index is 622. The van der Waals surface area contributed by atoms with Gasteiger partial charge in [0.25, 0.3) is 0 Å². The molecule has 0 aromatic carbocycles. The topological polar surface area (TPSA) is 77.0 Å². The first-order valence-corrected chi connectivity index (χ1v) is 8.33. The van der Waals surface area contributed by atoms with Gasteiger partial charge in [-0.25, -0.2) is 4.98 Å². The minimum Gasteiger partial charge on any atom is -0.341 e. The predicted octanol–water partition coefficient (Wildman–Crippen LogP) is 2.01. The minimum atomic E-state index is 0.157. The molecule has 1 atom stereocenters. The summed E-state index contributed by atoms with van der Waals surface area (Å²) >= 11 is 0. The lowest BCUT2D eigenvalue weighted by Gasteiger charge is -2.33. The Morgan fingerprint density at radius 1 is 1.43 bits per heavy atom. The number of carbonyl (C=O) groups is 1. The number of hydrogen-bond acceptors (Lipinski definition) is 5. The number of hydrogen-bond donors (Lipinski definition) is 0. The van der Waals surface area contributed by atoms with Gasteiger partial charge in [0.05, 0.1) is 12.4 Å². The number of imidazole rings is 1. The normalized spacial score (nSPS) is 18.3. The second-order valence-corrected chi connectivity index (χ2v) is 6.00. The molecule has 2 aromatic rings. The van der Waals surface area contributed by atoms with E-state index in [1.807, 2.05) is 17.4 Å². The first-order valence-electron chi connectivity index (χ1n) is 8.33. The molecule has 1 amide bonds. The van der Waals surface area contributed by atoms with Gasteiger partial charge < -0.3 is 14.0 Å². The van der Waals surface area contributed by atoms with Gasteiger partial charge in [-0.3, -0.25) is 4.79 Å². The van der Waals surface area contributed by atoms with Crippen LogP contribution in [0.2, 0.25) is 0 Å². The maximum absolute atomic E-state index is 12.4. The number of aryl methyl sites for hydroxylation is 2. The highest BCUT2D eigenvalue weighted by Gasteiger charge is 2.24. The summed E-state index contributed by atoms with van der Waals surface area (Å²) in [4.78, 5) is 22.8. The molecule has 0 N–H and O–H groups in total. The van der Waals surface area contributed by atoms with Crippen LogP contribution >= 0.6 is 0 Å². The van der Waals surface area contributed by atoms with Crippen molar-refractivity contribution in [3.05, 3.63) is 30.4 Å². The molecule has 1 saturated heterocycles. The molecule has 0 aliphatic carbocycles. The quantitative estimate of drug-likeness (QED) is 0.814. The van der Waals surface area contributed by atoms with Crippen molar-refractivity contribution in [2.45, 2.75) is 51.5 Å². The highest BCUT2D eigenvalue weighted by Crippen LogP contribution is 2.21. The molecular formula is C16H23N5O2. The number of amides is 1. The van der Waals surface area contributed by atoms with Crippen LogP contribution < -0.4 is 0 Å². The van der Waals surface area contributed by atoms with Gasteiger partial charge in [0.15, 0.2) is 5.82 Å². The number of likely N-dealkylation sites (tertiary alicyclic amines) is 1. The zero-order valence-electron chi connectivity index (χ0n) is 13.5. The molecular weight excluding hydrogens is 294 g/mol. The number of nitrogens with zero attached hydrogens (tertiary/aromatic N) is 5. The number of piperidine rings is 1. The standard InChI is InChI=1S/C16H23N5O2/c1-2-4-14-18-15(23-19-14)6-7-16(22)20-9-3-5-13(11-20)21-10-8-17-12-21/h8,10,12-13H,2-7,9,11H2,1H3/t13-/m0/s1. The largest absolute Gasteiger partial charge is 0.341 e. The van der Waals surface area contributed by atoms with Crippen molar-refractivity contribution in [1.82, 2.24) is 24.6 Å². The molecule has 7 heteroatoms. The van der Waals surface area contributed by atoms with Crippen LogP contribution in [0.4, 0.5) is 0 Å². The molecule has 0 unspecified atom stereocenters. The summed E-state index contributed by atoms with van der Waals surface area (Å²) in [6, 6.07) is 0.328. The summed E-state index contributed by atoms with van der Waals surface area (Å²) in [5.74, 6) is 1.45. The van der Waals surface area contributed by atoms with E-state index in [-0.39, 0.29) is 5.91 Å². The summed E-state index contributed by atoms with van der Waals surface area (Å²) in [6.45, 7) is 3.65. The molecule has 0 radical (unpaired) electrons. The fourth-order valence-electron chi connectivity index (χ4n) is 3.00. The third-order valence-corrected chi connectivity index (χ3v) is 4.23. The van der Waals surface area contributed by atoms with Crippen molar-refractivity contribution in [2.24, 2.45) is 0 Å². The zero-order valence-corrected chi connectivity index (χ0v) is 13.5. The Morgan fingerprint density at radius 2 is 2.35 bits per heavy atom. The third kappa shape index (κ3) is 3.97. The molecule has 23 heavy (non-hydrogen) atoms. The molecule has 124 valence electrons. The van der Waals surface area contributed by atoms with Crippen molar-refractivity contribution >= 4 is 5.91 Å². The first-order chi connectivity index (χ1) is 11.3. The first kappa shape index (κ1) is 15.7. The third-order valence-electron chi connectivity index (χ3n) is 4.23. The van der Waals surface area contributed by atoms with Gasteiger partial charge in [-0.2, -0.15) is 4.98 Å². The fourth-order valence-corrected chi connectivity index (χ4v) is 3.00. The Hall–Kier alpha value is -2.18. The molecule has 0 bridgehead atoms. The van der Waals surface area contributed by atoms with Crippen molar-refractivity contribution in [1.29, 1.82) is 0 Å². The molecule has 3 rings (SSSR count). The van der Waals surface area contributed by atoms with Gasteiger partial charge in [0, 0.05) is 44.7 Å². The van der Waals surface area contributed by atoms with E-state index in [4.69, 9.17) is 4.52 Å². The van der Waals surface area contributed by atoms with Gasteiger partial charge in [-0.1, -0.05) is 12.1 Å². The lowest BCUT2D eigenvalue weighted by molar-refractivity contribution is -0.132. The number of carbonyl (C=O) groups excluding carboxylic acids is 1.